The van der Waals surface area contributed by atoms with Crippen LogP contribution in [0.1, 0.15) is 21.6 Å². The van der Waals surface area contributed by atoms with Gasteiger partial charge in [0.15, 0.2) is 5.69 Å². The summed E-state index contributed by atoms with van der Waals surface area (Å²) in [6.45, 7) is 0. The van der Waals surface area contributed by atoms with E-state index in [0.717, 1.165) is 29.7 Å². The van der Waals surface area contributed by atoms with Crippen molar-refractivity contribution < 1.29 is 18.0 Å². The zero-order valence-corrected chi connectivity index (χ0v) is 11.8. The van der Waals surface area contributed by atoms with Crippen molar-refractivity contribution >= 4 is 40.3 Å². The highest BCUT2D eigenvalue weighted by atomic mass is 32.1. The highest BCUT2D eigenvalue weighted by molar-refractivity contribution is 7.80. The molecule has 1 amide bonds. The van der Waals surface area contributed by atoms with Crippen LogP contribution < -0.4 is 11.1 Å². The zero-order valence-electron chi connectivity index (χ0n) is 10.1. The summed E-state index contributed by atoms with van der Waals surface area (Å²) in [5.41, 5.74) is 4.56. The fraction of sp³-hybridized carbons (Fsp3) is 0.0909. The second-order valence-corrected chi connectivity index (χ2v) is 4.92. The van der Waals surface area contributed by atoms with E-state index in [1.54, 1.807) is 0 Å². The number of hydrogen-bond donors (Lipinski definition) is 2. The van der Waals surface area contributed by atoms with Crippen LogP contribution in [0.3, 0.4) is 0 Å². The maximum atomic E-state index is 12.7. The van der Waals surface area contributed by atoms with E-state index in [0.29, 0.717) is 0 Å². The van der Waals surface area contributed by atoms with Crippen LogP contribution in [-0.4, -0.2) is 20.5 Å². The molecule has 1 heterocycles. The molecule has 1 aromatic carbocycles. The van der Waals surface area contributed by atoms with Gasteiger partial charge in [-0.05, 0) is 29.7 Å². The van der Waals surface area contributed by atoms with Crippen LogP contribution in [0, 0.1) is 0 Å². The third kappa shape index (κ3) is 3.52. The fourth-order valence-corrected chi connectivity index (χ4v) is 2.09. The molecule has 5 nitrogen and oxygen atoms in total. The van der Waals surface area contributed by atoms with Gasteiger partial charge >= 0.3 is 6.18 Å². The smallest absolute Gasteiger partial charge is 0.389 e. The largest absolute Gasteiger partial charge is 0.416 e. The van der Waals surface area contributed by atoms with Gasteiger partial charge in [-0.25, -0.2) is 0 Å². The number of rotatable bonds is 3. The van der Waals surface area contributed by atoms with Gasteiger partial charge in [0.2, 0.25) is 0 Å². The number of benzene rings is 1. The monoisotopic (exact) mass is 332 g/mol. The Morgan fingerprint density at radius 1 is 1.38 bits per heavy atom. The van der Waals surface area contributed by atoms with Crippen LogP contribution >= 0.6 is 23.8 Å². The number of nitrogens with two attached hydrogens (primary N) is 1. The molecule has 2 rings (SSSR count). The Labute approximate surface area is 126 Å². The molecule has 21 heavy (non-hydrogen) atoms. The molecule has 0 bridgehead atoms. The van der Waals surface area contributed by atoms with Gasteiger partial charge in [-0.1, -0.05) is 16.7 Å². The van der Waals surface area contributed by atoms with Gasteiger partial charge in [0, 0.05) is 10.9 Å². The number of anilines is 1. The second-order valence-electron chi connectivity index (χ2n) is 3.87. The Bertz CT molecular complexity index is 685. The Balaban J connectivity index is 2.35. The number of halogens is 3. The minimum absolute atomic E-state index is 0.0498. The van der Waals surface area contributed by atoms with Gasteiger partial charge in [-0.15, -0.1) is 5.10 Å². The van der Waals surface area contributed by atoms with Crippen molar-refractivity contribution in [1.29, 1.82) is 0 Å². The number of nitrogens with zero attached hydrogens (tertiary/aromatic N) is 2. The molecule has 10 heteroatoms. The van der Waals surface area contributed by atoms with Crippen molar-refractivity contribution in [3.05, 3.63) is 40.4 Å². The van der Waals surface area contributed by atoms with Gasteiger partial charge in [0.1, 0.15) is 4.99 Å². The number of thiocarbonyl (C=S) groups is 1. The van der Waals surface area contributed by atoms with Gasteiger partial charge in [0.25, 0.3) is 5.91 Å². The van der Waals surface area contributed by atoms with Gasteiger partial charge < -0.3 is 11.1 Å². The molecule has 0 unspecified atom stereocenters. The molecule has 0 saturated carbocycles. The lowest BCUT2D eigenvalue weighted by molar-refractivity contribution is -0.137. The molecule has 1 aromatic heterocycles. The first kappa shape index (κ1) is 15.3. The number of amides is 1. The van der Waals surface area contributed by atoms with E-state index in [1.807, 2.05) is 0 Å². The first-order valence-electron chi connectivity index (χ1n) is 5.38. The van der Waals surface area contributed by atoms with Crippen molar-refractivity contribution in [2.24, 2.45) is 5.73 Å². The number of nitrogens with one attached hydrogen (secondary N) is 1. The van der Waals surface area contributed by atoms with E-state index in [9.17, 15) is 18.0 Å². The van der Waals surface area contributed by atoms with Gasteiger partial charge in [-0.3, -0.25) is 4.79 Å². The minimum atomic E-state index is -4.53. The van der Waals surface area contributed by atoms with E-state index < -0.39 is 17.6 Å². The minimum Gasteiger partial charge on any atom is -0.389 e. The molecule has 0 saturated heterocycles. The Morgan fingerprint density at radius 3 is 2.62 bits per heavy atom. The standard InChI is InChI=1S/C11H7F3N4OS2/c12-11(13,14)5-1-2-7(6(3-5)9(15)20)16-10(19)8-4-21-18-17-8/h1-4H,(H2,15,20)(H,16,19). The van der Waals surface area contributed by atoms with Crippen LogP contribution in [0.2, 0.25) is 0 Å². The fourth-order valence-electron chi connectivity index (χ4n) is 1.48. The van der Waals surface area contributed by atoms with Crippen molar-refractivity contribution in [3.63, 3.8) is 0 Å². The molecule has 0 radical (unpaired) electrons. The molecular formula is C11H7F3N4OS2. The third-order valence-corrected chi connectivity index (χ3v) is 3.18. The average molecular weight is 332 g/mol. The molecule has 0 fully saturated rings. The summed E-state index contributed by atoms with van der Waals surface area (Å²) < 4.78 is 41.5. The van der Waals surface area contributed by atoms with Crippen LogP contribution in [0.5, 0.6) is 0 Å². The molecule has 0 spiro atoms. The van der Waals surface area contributed by atoms with Gasteiger partial charge in [-0.2, -0.15) is 13.2 Å². The van der Waals surface area contributed by atoms with Crippen molar-refractivity contribution in [2.45, 2.75) is 6.18 Å². The van der Waals surface area contributed by atoms with Crippen molar-refractivity contribution in [1.82, 2.24) is 9.59 Å². The van der Waals surface area contributed by atoms with E-state index in [1.165, 1.54) is 5.38 Å². The van der Waals surface area contributed by atoms with Crippen LogP contribution in [-0.2, 0) is 6.18 Å². The van der Waals surface area contributed by atoms with E-state index >= 15 is 0 Å². The van der Waals surface area contributed by atoms with Crippen LogP contribution in [0.4, 0.5) is 18.9 Å². The van der Waals surface area contributed by atoms with Crippen molar-refractivity contribution in [2.75, 3.05) is 5.32 Å². The van der Waals surface area contributed by atoms with Crippen LogP contribution in [0.15, 0.2) is 23.6 Å². The quantitative estimate of drug-likeness (QED) is 0.844. The van der Waals surface area contributed by atoms with E-state index in [4.69, 9.17) is 18.0 Å². The molecule has 3 N–H and O–H groups in total. The molecule has 0 aliphatic rings. The summed E-state index contributed by atoms with van der Waals surface area (Å²) in [5, 5.41) is 7.36. The first-order chi connectivity index (χ1) is 9.79. The second kappa shape index (κ2) is 5.74. The average Bonchev–Trinajstić information content (AvgIpc) is 2.91. The Morgan fingerprint density at radius 2 is 2.10 bits per heavy atom. The lowest BCUT2D eigenvalue weighted by Gasteiger charge is -2.13. The lowest BCUT2D eigenvalue weighted by Crippen LogP contribution is -2.19. The molecule has 0 aliphatic carbocycles. The first-order valence-corrected chi connectivity index (χ1v) is 6.63. The summed E-state index contributed by atoms with van der Waals surface area (Å²) >= 11 is 5.69. The normalized spacial score (nSPS) is 11.2. The van der Waals surface area contributed by atoms with E-state index in [-0.39, 0.29) is 21.9 Å². The lowest BCUT2D eigenvalue weighted by atomic mass is 10.1. The predicted octanol–water partition coefficient (Wildman–Crippen LogP) is 2.44. The zero-order chi connectivity index (χ0) is 15.6. The topological polar surface area (TPSA) is 80.9 Å². The molecule has 110 valence electrons. The summed E-state index contributed by atoms with van der Waals surface area (Å²) in [4.78, 5) is 11.6. The van der Waals surface area contributed by atoms with Crippen molar-refractivity contribution in [3.8, 4) is 0 Å². The highest BCUT2D eigenvalue weighted by Crippen LogP contribution is 2.32. The summed E-state index contributed by atoms with van der Waals surface area (Å²) in [6, 6.07) is 2.71. The maximum Gasteiger partial charge on any atom is 0.416 e. The molecule has 0 aliphatic heterocycles. The number of carbonyl (C=O) groups excluding carboxylic acids is 1. The number of aromatic nitrogens is 2. The van der Waals surface area contributed by atoms with Crippen LogP contribution in [0.25, 0.3) is 0 Å². The summed E-state index contributed by atoms with van der Waals surface area (Å²) in [6.07, 6.45) is -4.53. The summed E-state index contributed by atoms with van der Waals surface area (Å²) in [5.74, 6) is -0.610. The van der Waals surface area contributed by atoms with Gasteiger partial charge in [0.05, 0.1) is 11.3 Å². The highest BCUT2D eigenvalue weighted by Gasteiger charge is 2.31. The Kier molecular flexibility index (Phi) is 4.19. The number of carbonyl (C=O) groups is 1. The SMILES string of the molecule is NC(=S)c1cc(C(F)(F)F)ccc1NC(=O)c1csnn1. The van der Waals surface area contributed by atoms with E-state index in [2.05, 4.69) is 14.9 Å². The summed E-state index contributed by atoms with van der Waals surface area (Å²) in [7, 11) is 0. The molecule has 2 aromatic rings. The maximum absolute atomic E-state index is 12.7. The third-order valence-electron chi connectivity index (χ3n) is 2.45. The Hall–Kier alpha value is -2.07. The molecule has 0 atom stereocenters. The number of hydrogen-bond acceptors (Lipinski definition) is 5. The number of alkyl halides is 3. The predicted molar refractivity (Wildman–Crippen MR) is 75.2 cm³/mol. The molecular weight excluding hydrogens is 325 g/mol.